The lowest BCUT2D eigenvalue weighted by Gasteiger charge is -2.52. The van der Waals surface area contributed by atoms with Crippen LogP contribution in [0.25, 0.3) is 0 Å². The number of epoxide rings is 1. The van der Waals surface area contributed by atoms with Crippen LogP contribution in [-0.4, -0.2) is 29.7 Å². The summed E-state index contributed by atoms with van der Waals surface area (Å²) in [6.07, 6.45) is 3.90. The van der Waals surface area contributed by atoms with Crippen molar-refractivity contribution in [2.24, 2.45) is 11.3 Å². The summed E-state index contributed by atoms with van der Waals surface area (Å²) in [5.74, 6) is 0.113. The van der Waals surface area contributed by atoms with Crippen LogP contribution in [0.5, 0.6) is 0 Å². The smallest absolute Gasteiger partial charge is 0.333 e. The van der Waals surface area contributed by atoms with E-state index < -0.39 is 17.1 Å². The topological polar surface area (TPSA) is 78.3 Å². The molecule has 0 amide bonds. The van der Waals surface area contributed by atoms with Gasteiger partial charge in [0.2, 0.25) is 0 Å². The average molecular weight is 388 g/mol. The molecular weight excluding hydrogens is 360 g/mol. The van der Waals surface area contributed by atoms with Crippen molar-refractivity contribution < 1.29 is 28.2 Å². The van der Waals surface area contributed by atoms with E-state index in [0.717, 1.165) is 16.9 Å². The number of esters is 2. The molecule has 1 saturated heterocycles. The molecule has 0 aromatic carbocycles. The van der Waals surface area contributed by atoms with Crippen LogP contribution < -0.4 is 0 Å². The molecule has 6 heteroatoms. The predicted octanol–water partition coefficient (Wildman–Crippen LogP) is 3.81. The fourth-order valence-electron chi connectivity index (χ4n) is 5.31. The first-order chi connectivity index (χ1) is 13.2. The zero-order chi connectivity index (χ0) is 20.4. The Morgan fingerprint density at radius 1 is 1.29 bits per heavy atom. The first-order valence-corrected chi connectivity index (χ1v) is 9.91. The normalized spacial score (nSPS) is 38.7. The van der Waals surface area contributed by atoms with Crippen molar-refractivity contribution >= 4 is 11.9 Å². The molecule has 28 heavy (non-hydrogen) atoms. The van der Waals surface area contributed by atoms with Crippen LogP contribution in [0, 0.1) is 18.3 Å². The third-order valence-corrected chi connectivity index (χ3v) is 7.31. The van der Waals surface area contributed by atoms with E-state index in [-0.39, 0.29) is 30.1 Å². The molecule has 0 N–H and O–H groups in total. The van der Waals surface area contributed by atoms with Gasteiger partial charge < -0.3 is 18.6 Å². The fraction of sp³-hybridized carbons (Fsp3) is 0.636. The van der Waals surface area contributed by atoms with Gasteiger partial charge in [0.1, 0.15) is 23.6 Å². The highest BCUT2D eigenvalue weighted by Gasteiger charge is 2.78. The zero-order valence-electron chi connectivity index (χ0n) is 17.3. The highest BCUT2D eigenvalue weighted by Crippen LogP contribution is 2.70. The molecule has 1 aromatic heterocycles. The standard InChI is InChI=1S/C22H28O6/c1-7-11(2)20(24)27-15-8-17-22(28-17)9-16-18(12(3)10-25-16)19(26-14(5)23)21(22,6)13(15)4/h7,10,13,15,17,19H,8-9H2,1-6H3. The maximum absolute atomic E-state index is 12.4. The van der Waals surface area contributed by atoms with Crippen LogP contribution in [0.15, 0.2) is 22.3 Å². The van der Waals surface area contributed by atoms with E-state index in [9.17, 15) is 9.59 Å². The molecule has 0 bridgehead atoms. The quantitative estimate of drug-likeness (QED) is 0.445. The minimum Gasteiger partial charge on any atom is -0.469 e. The largest absolute Gasteiger partial charge is 0.469 e. The van der Waals surface area contributed by atoms with Crippen molar-refractivity contribution in [1.29, 1.82) is 0 Å². The Balaban J connectivity index is 1.76. The first-order valence-electron chi connectivity index (χ1n) is 9.91. The molecule has 1 aromatic rings. The number of furan rings is 1. The van der Waals surface area contributed by atoms with Gasteiger partial charge in [-0.15, -0.1) is 0 Å². The van der Waals surface area contributed by atoms with Crippen LogP contribution in [0.4, 0.5) is 0 Å². The minimum atomic E-state index is -0.530. The molecular formula is C22H28O6. The number of aryl methyl sites for hydroxylation is 1. The van der Waals surface area contributed by atoms with Gasteiger partial charge in [-0.3, -0.25) is 4.79 Å². The van der Waals surface area contributed by atoms with Crippen molar-refractivity contribution in [3.05, 3.63) is 34.8 Å². The molecule has 2 aliphatic carbocycles. The number of hydrogen-bond acceptors (Lipinski definition) is 6. The first kappa shape index (κ1) is 19.2. The molecule has 4 rings (SSSR count). The SMILES string of the molecule is CC=C(C)C(=O)OC1CC2OC23Cc2occ(C)c2C(OC(C)=O)C3(C)C1C. The maximum atomic E-state index is 12.4. The van der Waals surface area contributed by atoms with E-state index >= 15 is 0 Å². The molecule has 1 spiro atoms. The van der Waals surface area contributed by atoms with Crippen molar-refractivity contribution in [2.75, 3.05) is 0 Å². The second-order valence-corrected chi connectivity index (χ2v) is 8.64. The average Bonchev–Trinajstić information content (AvgIpc) is 3.22. The molecule has 6 atom stereocenters. The number of fused-ring (bicyclic) bond motifs is 1. The summed E-state index contributed by atoms with van der Waals surface area (Å²) >= 11 is 0. The third-order valence-electron chi connectivity index (χ3n) is 7.31. The van der Waals surface area contributed by atoms with E-state index in [1.165, 1.54) is 6.92 Å². The van der Waals surface area contributed by atoms with E-state index in [1.807, 2.05) is 13.8 Å². The van der Waals surface area contributed by atoms with Gasteiger partial charge in [0.15, 0.2) is 0 Å². The highest BCUT2D eigenvalue weighted by molar-refractivity contribution is 5.87. The van der Waals surface area contributed by atoms with Crippen molar-refractivity contribution in [3.63, 3.8) is 0 Å². The Labute approximate surface area is 165 Å². The Morgan fingerprint density at radius 3 is 2.64 bits per heavy atom. The van der Waals surface area contributed by atoms with E-state index in [1.54, 1.807) is 19.3 Å². The summed E-state index contributed by atoms with van der Waals surface area (Å²) < 4.78 is 23.8. The van der Waals surface area contributed by atoms with Gasteiger partial charge in [-0.05, 0) is 26.3 Å². The fourth-order valence-corrected chi connectivity index (χ4v) is 5.31. The highest BCUT2D eigenvalue weighted by atomic mass is 16.6. The molecule has 2 heterocycles. The molecule has 0 radical (unpaired) electrons. The Hall–Kier alpha value is -2.08. The zero-order valence-corrected chi connectivity index (χ0v) is 17.3. The number of rotatable bonds is 3. The Morgan fingerprint density at radius 2 is 2.00 bits per heavy atom. The summed E-state index contributed by atoms with van der Waals surface area (Å²) in [7, 11) is 0. The lowest BCUT2D eigenvalue weighted by Crippen LogP contribution is -2.58. The number of carbonyl (C=O) groups excluding carboxylic acids is 2. The van der Waals surface area contributed by atoms with Crippen LogP contribution in [0.3, 0.4) is 0 Å². The van der Waals surface area contributed by atoms with Gasteiger partial charge in [-0.25, -0.2) is 4.79 Å². The molecule has 1 saturated carbocycles. The molecule has 2 fully saturated rings. The number of hydrogen-bond donors (Lipinski definition) is 0. The maximum Gasteiger partial charge on any atom is 0.333 e. The summed E-state index contributed by atoms with van der Waals surface area (Å²) in [5, 5.41) is 0. The van der Waals surface area contributed by atoms with E-state index in [4.69, 9.17) is 18.6 Å². The van der Waals surface area contributed by atoms with Crippen LogP contribution in [0.2, 0.25) is 0 Å². The summed E-state index contributed by atoms with van der Waals surface area (Å²) in [6.45, 7) is 11.1. The number of ether oxygens (including phenoxy) is 3. The second-order valence-electron chi connectivity index (χ2n) is 8.64. The van der Waals surface area contributed by atoms with Crippen molar-refractivity contribution in [3.8, 4) is 0 Å². The molecule has 6 nitrogen and oxygen atoms in total. The number of carbonyl (C=O) groups is 2. The molecule has 152 valence electrons. The predicted molar refractivity (Wildman–Crippen MR) is 100 cm³/mol. The number of allylic oxidation sites excluding steroid dienone is 1. The van der Waals surface area contributed by atoms with Crippen LogP contribution in [0.1, 0.15) is 64.0 Å². The van der Waals surface area contributed by atoms with Gasteiger partial charge in [0, 0.05) is 42.2 Å². The summed E-state index contributed by atoms with van der Waals surface area (Å²) in [4.78, 5) is 24.4. The summed E-state index contributed by atoms with van der Waals surface area (Å²) in [6, 6.07) is 0. The van der Waals surface area contributed by atoms with Gasteiger partial charge in [0.05, 0.1) is 12.4 Å². The van der Waals surface area contributed by atoms with E-state index in [2.05, 4.69) is 13.8 Å². The van der Waals surface area contributed by atoms with Gasteiger partial charge in [-0.1, -0.05) is 19.9 Å². The molecule has 3 aliphatic rings. The van der Waals surface area contributed by atoms with Crippen LogP contribution >= 0.6 is 0 Å². The Bertz CT molecular complexity index is 866. The Kier molecular flexibility index (Phi) is 4.27. The lowest BCUT2D eigenvalue weighted by molar-refractivity contribution is -0.180. The van der Waals surface area contributed by atoms with Gasteiger partial charge in [0.25, 0.3) is 0 Å². The lowest BCUT2D eigenvalue weighted by atomic mass is 9.53. The van der Waals surface area contributed by atoms with E-state index in [0.29, 0.717) is 18.4 Å². The third kappa shape index (κ3) is 2.43. The minimum absolute atomic E-state index is 0.0472. The van der Waals surface area contributed by atoms with Gasteiger partial charge >= 0.3 is 11.9 Å². The van der Waals surface area contributed by atoms with Gasteiger partial charge in [-0.2, -0.15) is 0 Å². The van der Waals surface area contributed by atoms with Crippen molar-refractivity contribution in [1.82, 2.24) is 0 Å². The molecule has 6 unspecified atom stereocenters. The molecule has 1 aliphatic heterocycles. The van der Waals surface area contributed by atoms with Crippen LogP contribution in [-0.2, 0) is 30.2 Å². The van der Waals surface area contributed by atoms with Crippen molar-refractivity contribution in [2.45, 2.75) is 78.3 Å². The second kappa shape index (κ2) is 6.21. The summed E-state index contributed by atoms with van der Waals surface area (Å²) in [5.41, 5.74) is 1.49. The monoisotopic (exact) mass is 388 g/mol.